The Labute approximate surface area is 152 Å². The third-order valence-corrected chi connectivity index (χ3v) is 5.37. The zero-order valence-corrected chi connectivity index (χ0v) is 14.5. The zero-order chi connectivity index (χ0) is 17.4. The number of halogens is 1. The summed E-state index contributed by atoms with van der Waals surface area (Å²) in [5.41, 5.74) is 6.94. The van der Waals surface area contributed by atoms with E-state index in [1.54, 1.807) is 10.9 Å². The molecular weight excluding hydrogens is 362 g/mol. The van der Waals surface area contributed by atoms with Crippen LogP contribution in [0.3, 0.4) is 0 Å². The number of aromatic nitrogens is 4. The molecule has 1 aliphatic heterocycles. The molecule has 128 valence electrons. The fourth-order valence-corrected chi connectivity index (χ4v) is 3.92. The molecule has 2 aromatic heterocycles. The summed E-state index contributed by atoms with van der Waals surface area (Å²) in [6.07, 6.45) is 4.00. The van der Waals surface area contributed by atoms with Crippen molar-refractivity contribution < 1.29 is 9.84 Å². The summed E-state index contributed by atoms with van der Waals surface area (Å²) in [6, 6.07) is 7.56. The minimum Gasteiger partial charge on any atom is -0.393 e. The molecule has 2 atom stereocenters. The van der Waals surface area contributed by atoms with Crippen molar-refractivity contribution in [3.8, 4) is 0 Å². The largest absolute Gasteiger partial charge is 0.393 e. The number of hydrogen-bond acceptors (Lipinski definition) is 7. The molecule has 0 saturated heterocycles. The van der Waals surface area contributed by atoms with Crippen LogP contribution in [0.1, 0.15) is 6.23 Å². The van der Waals surface area contributed by atoms with E-state index in [2.05, 4.69) is 15.0 Å². The molecule has 0 unspecified atom stereocenters. The van der Waals surface area contributed by atoms with Gasteiger partial charge in [0.2, 0.25) is 0 Å². The van der Waals surface area contributed by atoms with E-state index in [1.807, 2.05) is 30.3 Å². The van der Waals surface area contributed by atoms with Crippen LogP contribution in [0.5, 0.6) is 0 Å². The number of aliphatic hydroxyl groups is 1. The fraction of sp³-hybridized carbons (Fsp3) is 0.188. The molecule has 0 bridgehead atoms. The Bertz CT molecular complexity index is 961. The Balaban J connectivity index is 1.73. The van der Waals surface area contributed by atoms with Crippen molar-refractivity contribution in [1.82, 2.24) is 19.5 Å². The summed E-state index contributed by atoms with van der Waals surface area (Å²) < 4.78 is 7.72. The number of benzene rings is 1. The highest BCUT2D eigenvalue weighted by atomic mass is 35.5. The van der Waals surface area contributed by atoms with E-state index in [0.29, 0.717) is 22.0 Å². The normalized spacial score (nSPS) is 20.2. The van der Waals surface area contributed by atoms with Crippen molar-refractivity contribution >= 4 is 40.3 Å². The molecular formula is C16H14ClN5O2S. The van der Waals surface area contributed by atoms with Crippen LogP contribution < -0.4 is 5.73 Å². The molecule has 25 heavy (non-hydrogen) atoms. The summed E-state index contributed by atoms with van der Waals surface area (Å²) >= 11 is 7.75. The second-order valence-electron chi connectivity index (χ2n) is 5.39. The monoisotopic (exact) mass is 375 g/mol. The van der Waals surface area contributed by atoms with Crippen molar-refractivity contribution in [3.63, 3.8) is 0 Å². The minimum absolute atomic E-state index is 0.118. The SMILES string of the molecule is Nc1ncnc2c1ncn2[C@@H]1O[C@H](CO)C=C1Sc1ccccc1Cl. The maximum Gasteiger partial charge on any atom is 0.169 e. The highest BCUT2D eigenvalue weighted by Gasteiger charge is 2.31. The molecule has 0 aliphatic carbocycles. The Morgan fingerprint density at radius 2 is 2.12 bits per heavy atom. The lowest BCUT2D eigenvalue weighted by molar-refractivity contribution is -0.00765. The van der Waals surface area contributed by atoms with Crippen molar-refractivity contribution in [3.05, 3.63) is 52.9 Å². The number of nitrogens with two attached hydrogens (primary N) is 1. The van der Waals surface area contributed by atoms with Crippen molar-refractivity contribution in [1.29, 1.82) is 0 Å². The first-order valence-corrected chi connectivity index (χ1v) is 8.70. The molecule has 9 heteroatoms. The zero-order valence-electron chi connectivity index (χ0n) is 12.9. The number of rotatable bonds is 4. The average molecular weight is 376 g/mol. The van der Waals surface area contributed by atoms with Crippen molar-refractivity contribution in [2.45, 2.75) is 17.2 Å². The lowest BCUT2D eigenvalue weighted by Gasteiger charge is -2.18. The molecule has 1 aromatic carbocycles. The molecule has 4 rings (SSSR count). The van der Waals surface area contributed by atoms with Gasteiger partial charge < -0.3 is 15.6 Å². The van der Waals surface area contributed by atoms with E-state index >= 15 is 0 Å². The van der Waals surface area contributed by atoms with Crippen LogP contribution in [-0.4, -0.2) is 37.3 Å². The number of hydrogen-bond donors (Lipinski definition) is 2. The van der Waals surface area contributed by atoms with E-state index in [9.17, 15) is 5.11 Å². The summed E-state index contributed by atoms with van der Waals surface area (Å²) in [7, 11) is 0. The number of nitrogens with zero attached hydrogens (tertiary/aromatic N) is 4. The van der Waals surface area contributed by atoms with Gasteiger partial charge in [0.25, 0.3) is 0 Å². The Kier molecular flexibility index (Phi) is 4.34. The van der Waals surface area contributed by atoms with Gasteiger partial charge in [-0.15, -0.1) is 0 Å². The first-order chi connectivity index (χ1) is 12.2. The fourth-order valence-electron chi connectivity index (χ4n) is 2.62. The third kappa shape index (κ3) is 2.98. The Morgan fingerprint density at radius 3 is 2.92 bits per heavy atom. The lowest BCUT2D eigenvalue weighted by Crippen LogP contribution is -2.16. The van der Waals surface area contributed by atoms with Crippen LogP contribution in [0.15, 0.2) is 52.8 Å². The molecule has 3 heterocycles. The van der Waals surface area contributed by atoms with Gasteiger partial charge in [-0.1, -0.05) is 35.5 Å². The van der Waals surface area contributed by atoms with E-state index in [-0.39, 0.29) is 6.61 Å². The van der Waals surface area contributed by atoms with Gasteiger partial charge in [0.15, 0.2) is 17.7 Å². The van der Waals surface area contributed by atoms with Gasteiger partial charge >= 0.3 is 0 Å². The molecule has 0 fully saturated rings. The van der Waals surface area contributed by atoms with Crippen LogP contribution in [0.4, 0.5) is 5.82 Å². The second kappa shape index (κ2) is 6.64. The van der Waals surface area contributed by atoms with E-state index < -0.39 is 12.3 Å². The van der Waals surface area contributed by atoms with E-state index in [1.165, 1.54) is 18.1 Å². The minimum atomic E-state index is -0.474. The van der Waals surface area contributed by atoms with E-state index in [0.717, 1.165) is 9.80 Å². The number of imidazole rings is 1. The maximum atomic E-state index is 9.50. The van der Waals surface area contributed by atoms with Crippen LogP contribution in [-0.2, 0) is 4.74 Å². The molecule has 1 aliphatic rings. The number of aliphatic hydroxyl groups excluding tert-OH is 1. The highest BCUT2D eigenvalue weighted by molar-refractivity contribution is 8.03. The molecule has 7 nitrogen and oxygen atoms in total. The summed E-state index contributed by atoms with van der Waals surface area (Å²) in [5.74, 6) is 0.310. The number of thioether (sulfide) groups is 1. The molecule has 0 spiro atoms. The van der Waals surface area contributed by atoms with Gasteiger partial charge in [-0.3, -0.25) is 4.57 Å². The third-order valence-electron chi connectivity index (χ3n) is 3.78. The van der Waals surface area contributed by atoms with Gasteiger partial charge in [0.1, 0.15) is 17.9 Å². The van der Waals surface area contributed by atoms with Crippen LogP contribution in [0.25, 0.3) is 11.2 Å². The summed E-state index contributed by atoms with van der Waals surface area (Å²) in [4.78, 5) is 14.3. The van der Waals surface area contributed by atoms with Gasteiger partial charge in [-0.25, -0.2) is 15.0 Å². The highest BCUT2D eigenvalue weighted by Crippen LogP contribution is 2.43. The van der Waals surface area contributed by atoms with Crippen molar-refractivity contribution in [2.24, 2.45) is 0 Å². The predicted molar refractivity (Wildman–Crippen MR) is 96.1 cm³/mol. The standard InChI is InChI=1S/C16H14ClN5O2S/c17-10-3-1-2-4-11(10)25-12-5-9(6-23)24-16(12)22-8-21-13-14(18)19-7-20-15(13)22/h1-5,7-9,16,23H,6H2,(H2,18,19,20)/t9-,16+/m0/s1. The molecule has 0 saturated carbocycles. The molecule has 3 N–H and O–H groups in total. The number of anilines is 1. The Hall–Kier alpha value is -2.13. The molecule has 0 radical (unpaired) electrons. The van der Waals surface area contributed by atoms with E-state index in [4.69, 9.17) is 22.1 Å². The van der Waals surface area contributed by atoms with Gasteiger partial charge in [0, 0.05) is 9.80 Å². The number of ether oxygens (including phenoxy) is 1. The maximum absolute atomic E-state index is 9.50. The van der Waals surface area contributed by atoms with Crippen LogP contribution in [0.2, 0.25) is 5.02 Å². The number of fused-ring (bicyclic) bond motifs is 1. The quantitative estimate of drug-likeness (QED) is 0.723. The van der Waals surface area contributed by atoms with Crippen molar-refractivity contribution in [2.75, 3.05) is 12.3 Å². The van der Waals surface area contributed by atoms with Gasteiger partial charge in [-0.2, -0.15) is 0 Å². The smallest absolute Gasteiger partial charge is 0.169 e. The lowest BCUT2D eigenvalue weighted by atomic mass is 10.3. The van der Waals surface area contributed by atoms with Crippen LogP contribution >= 0.6 is 23.4 Å². The summed E-state index contributed by atoms with van der Waals surface area (Å²) in [6.45, 7) is -0.118. The first kappa shape index (κ1) is 16.3. The predicted octanol–water partition coefficient (Wildman–Crippen LogP) is 2.63. The Morgan fingerprint density at radius 1 is 1.28 bits per heavy atom. The molecule has 0 amide bonds. The first-order valence-electron chi connectivity index (χ1n) is 7.51. The molecule has 3 aromatic rings. The van der Waals surface area contributed by atoms with Gasteiger partial charge in [-0.05, 0) is 18.2 Å². The second-order valence-corrected chi connectivity index (χ2v) is 6.92. The van der Waals surface area contributed by atoms with Crippen LogP contribution in [0, 0.1) is 0 Å². The summed E-state index contributed by atoms with van der Waals surface area (Å²) in [5, 5.41) is 10.2. The van der Waals surface area contributed by atoms with Gasteiger partial charge in [0.05, 0.1) is 18.0 Å². The average Bonchev–Trinajstić information content (AvgIpc) is 3.21. The topological polar surface area (TPSA) is 99.1 Å². The number of nitrogen functional groups attached to an aromatic ring is 1.